The number of methoxy groups -OCH3 is 1. The van der Waals surface area contributed by atoms with Crippen molar-refractivity contribution in [3.05, 3.63) is 42.6 Å². The van der Waals surface area contributed by atoms with E-state index in [-0.39, 0.29) is 11.8 Å². The van der Waals surface area contributed by atoms with Crippen molar-refractivity contribution in [2.45, 2.75) is 32.6 Å². The summed E-state index contributed by atoms with van der Waals surface area (Å²) in [6.45, 7) is 1.95. The maximum Gasteiger partial charge on any atom is 0.234 e. The highest BCUT2D eigenvalue weighted by atomic mass is 16.5. The molecule has 8 nitrogen and oxygen atoms in total. The molecule has 1 unspecified atom stereocenters. The maximum absolute atomic E-state index is 12.7. The second-order valence-electron chi connectivity index (χ2n) is 6.93. The molecule has 1 amide bonds. The average Bonchev–Trinajstić information content (AvgIpc) is 3.14. The van der Waals surface area contributed by atoms with Gasteiger partial charge in [-0.15, -0.1) is 0 Å². The molecule has 0 radical (unpaired) electrons. The topological polar surface area (TPSA) is 94.8 Å². The van der Waals surface area contributed by atoms with Crippen LogP contribution >= 0.6 is 0 Å². The van der Waals surface area contributed by atoms with Crippen LogP contribution in [-0.2, 0) is 11.2 Å². The SMILES string of the molecule is COc1cncc(-n2cc3c(n2)-c2ccnc(c2)CCCCC(C)C(=O)N3)n1. The van der Waals surface area contributed by atoms with Gasteiger partial charge in [-0.1, -0.05) is 13.3 Å². The van der Waals surface area contributed by atoms with Crippen molar-refractivity contribution in [2.75, 3.05) is 12.4 Å². The molecule has 0 fully saturated rings. The lowest BCUT2D eigenvalue weighted by Crippen LogP contribution is -2.20. The van der Waals surface area contributed by atoms with Gasteiger partial charge in [-0.2, -0.15) is 10.1 Å². The Balaban J connectivity index is 1.81. The fourth-order valence-corrected chi connectivity index (χ4v) is 3.25. The summed E-state index contributed by atoms with van der Waals surface area (Å²) in [5, 5.41) is 7.71. The molecule has 0 saturated heterocycles. The smallest absolute Gasteiger partial charge is 0.234 e. The van der Waals surface area contributed by atoms with E-state index in [1.54, 1.807) is 23.3 Å². The summed E-state index contributed by atoms with van der Waals surface area (Å²) in [6.07, 6.45) is 10.4. The van der Waals surface area contributed by atoms with Gasteiger partial charge in [0.1, 0.15) is 5.69 Å². The van der Waals surface area contributed by atoms with E-state index in [1.807, 2.05) is 19.1 Å². The largest absolute Gasteiger partial charge is 0.480 e. The van der Waals surface area contributed by atoms with E-state index >= 15 is 0 Å². The molecule has 0 spiro atoms. The first-order chi connectivity index (χ1) is 13.6. The van der Waals surface area contributed by atoms with Gasteiger partial charge in [0.05, 0.1) is 31.4 Å². The van der Waals surface area contributed by atoms with E-state index < -0.39 is 0 Å². The number of nitrogens with one attached hydrogen (secondary N) is 1. The minimum Gasteiger partial charge on any atom is -0.480 e. The minimum absolute atomic E-state index is 0.00706. The molecule has 0 aromatic carbocycles. The number of aromatic nitrogens is 5. The zero-order valence-electron chi connectivity index (χ0n) is 15.9. The van der Waals surface area contributed by atoms with Crippen molar-refractivity contribution < 1.29 is 9.53 Å². The van der Waals surface area contributed by atoms with Crippen LogP contribution in [0.5, 0.6) is 5.88 Å². The van der Waals surface area contributed by atoms with Crippen LogP contribution in [0.3, 0.4) is 0 Å². The molecule has 1 atom stereocenters. The number of hydrogen-bond donors (Lipinski definition) is 1. The molecule has 1 aliphatic rings. The molecule has 3 aromatic heterocycles. The second kappa shape index (κ2) is 7.75. The predicted molar refractivity (Wildman–Crippen MR) is 104 cm³/mol. The summed E-state index contributed by atoms with van der Waals surface area (Å²) in [4.78, 5) is 25.6. The Morgan fingerprint density at radius 2 is 2.18 bits per heavy atom. The Labute approximate surface area is 163 Å². The quantitative estimate of drug-likeness (QED) is 0.736. The number of rotatable bonds is 2. The van der Waals surface area contributed by atoms with Crippen LogP contribution in [0, 0.1) is 5.92 Å². The van der Waals surface area contributed by atoms with E-state index in [9.17, 15) is 4.79 Å². The molecule has 0 aliphatic carbocycles. The molecule has 28 heavy (non-hydrogen) atoms. The monoisotopic (exact) mass is 378 g/mol. The Kier molecular flexibility index (Phi) is 5.01. The van der Waals surface area contributed by atoms with Gasteiger partial charge in [0.2, 0.25) is 11.8 Å². The van der Waals surface area contributed by atoms with Gasteiger partial charge < -0.3 is 10.1 Å². The number of aryl methyl sites for hydroxylation is 1. The number of carbonyl (C=O) groups excluding carboxylic acids is 1. The van der Waals surface area contributed by atoms with Gasteiger partial charge in [-0.3, -0.25) is 14.8 Å². The minimum atomic E-state index is -0.0708. The van der Waals surface area contributed by atoms with Gasteiger partial charge in [0.25, 0.3) is 0 Å². The Bertz CT molecular complexity index is 1000. The van der Waals surface area contributed by atoms with Crippen LogP contribution in [0.2, 0.25) is 0 Å². The second-order valence-corrected chi connectivity index (χ2v) is 6.93. The Morgan fingerprint density at radius 3 is 3.04 bits per heavy atom. The van der Waals surface area contributed by atoms with E-state index in [1.165, 1.54) is 13.3 Å². The van der Waals surface area contributed by atoms with Gasteiger partial charge in [-0.05, 0) is 31.4 Å². The van der Waals surface area contributed by atoms with Crippen LogP contribution < -0.4 is 10.1 Å². The zero-order valence-corrected chi connectivity index (χ0v) is 15.9. The number of ether oxygens (including phenoxy) is 1. The van der Waals surface area contributed by atoms with Crippen molar-refractivity contribution in [3.8, 4) is 23.0 Å². The van der Waals surface area contributed by atoms with Gasteiger partial charge in [0, 0.05) is 23.4 Å². The summed E-state index contributed by atoms with van der Waals surface area (Å²) in [5.41, 5.74) is 3.25. The molecule has 1 aliphatic heterocycles. The standard InChI is InChI=1S/C20H22N6O2/c1-13-5-3-4-6-15-9-14(7-8-22-15)19-16(23-20(13)27)12-26(25-19)17-10-21-11-18(24-17)28-2/h7-13H,3-6H2,1-2H3,(H,23,27). The van der Waals surface area contributed by atoms with E-state index in [0.717, 1.165) is 36.9 Å². The predicted octanol–water partition coefficient (Wildman–Crippen LogP) is 3.03. The summed E-state index contributed by atoms with van der Waals surface area (Å²) in [5.74, 6) is 0.824. The molecule has 144 valence electrons. The number of hydrogen-bond acceptors (Lipinski definition) is 6. The summed E-state index contributed by atoms with van der Waals surface area (Å²) >= 11 is 0. The van der Waals surface area contributed by atoms with Crippen LogP contribution in [0.4, 0.5) is 5.69 Å². The van der Waals surface area contributed by atoms with Crippen molar-refractivity contribution in [2.24, 2.45) is 5.92 Å². The molecule has 1 N–H and O–H groups in total. The fraction of sp³-hybridized carbons (Fsp3) is 0.350. The van der Waals surface area contributed by atoms with Crippen molar-refractivity contribution >= 4 is 11.6 Å². The lowest BCUT2D eigenvalue weighted by Gasteiger charge is -2.13. The average molecular weight is 378 g/mol. The third-order valence-electron chi connectivity index (χ3n) is 4.87. The third kappa shape index (κ3) is 3.71. The number of nitrogens with zero attached hydrogens (tertiary/aromatic N) is 5. The first kappa shape index (κ1) is 18.1. The summed E-state index contributed by atoms with van der Waals surface area (Å²) < 4.78 is 6.76. The Hall–Kier alpha value is -3.29. The molecule has 3 aromatic rings. The first-order valence-corrected chi connectivity index (χ1v) is 9.36. The lowest BCUT2D eigenvalue weighted by atomic mass is 10.00. The molecule has 4 rings (SSSR count). The van der Waals surface area contributed by atoms with E-state index in [4.69, 9.17) is 4.74 Å². The highest BCUT2D eigenvalue weighted by Crippen LogP contribution is 2.29. The summed E-state index contributed by atoms with van der Waals surface area (Å²) in [6, 6.07) is 3.93. The van der Waals surface area contributed by atoms with Crippen LogP contribution in [0.25, 0.3) is 17.1 Å². The normalized spacial score (nSPS) is 17.1. The lowest BCUT2D eigenvalue weighted by molar-refractivity contribution is -0.119. The van der Waals surface area contributed by atoms with E-state index in [0.29, 0.717) is 23.1 Å². The number of anilines is 1. The summed E-state index contributed by atoms with van der Waals surface area (Å²) in [7, 11) is 1.54. The van der Waals surface area contributed by atoms with E-state index in [2.05, 4.69) is 25.4 Å². The zero-order chi connectivity index (χ0) is 19.5. The highest BCUT2D eigenvalue weighted by molar-refractivity contribution is 5.95. The molecule has 8 heteroatoms. The molecule has 2 bridgehead atoms. The van der Waals surface area contributed by atoms with Gasteiger partial charge in [-0.25, -0.2) is 4.68 Å². The number of amides is 1. The first-order valence-electron chi connectivity index (χ1n) is 9.36. The van der Waals surface area contributed by atoms with Crippen LogP contribution in [0.15, 0.2) is 36.9 Å². The van der Waals surface area contributed by atoms with Crippen LogP contribution in [-0.4, -0.2) is 37.7 Å². The number of carbonyl (C=O) groups is 1. The van der Waals surface area contributed by atoms with Crippen molar-refractivity contribution in [1.29, 1.82) is 0 Å². The van der Waals surface area contributed by atoms with Crippen LogP contribution in [0.1, 0.15) is 31.9 Å². The van der Waals surface area contributed by atoms with Gasteiger partial charge in [0.15, 0.2) is 5.82 Å². The van der Waals surface area contributed by atoms with Crippen molar-refractivity contribution in [1.82, 2.24) is 24.7 Å². The number of pyridine rings is 1. The van der Waals surface area contributed by atoms with Gasteiger partial charge >= 0.3 is 0 Å². The third-order valence-corrected chi connectivity index (χ3v) is 4.87. The molecular formula is C20H22N6O2. The fourth-order valence-electron chi connectivity index (χ4n) is 3.25. The maximum atomic E-state index is 12.7. The molecular weight excluding hydrogens is 356 g/mol. The highest BCUT2D eigenvalue weighted by Gasteiger charge is 2.20. The van der Waals surface area contributed by atoms with Crippen molar-refractivity contribution in [3.63, 3.8) is 0 Å². The molecule has 0 saturated carbocycles. The Morgan fingerprint density at radius 1 is 1.29 bits per heavy atom. The number of fused-ring (bicyclic) bond motifs is 4. The molecule has 4 heterocycles.